The van der Waals surface area contributed by atoms with E-state index in [1.54, 1.807) is 22.7 Å². The summed E-state index contributed by atoms with van der Waals surface area (Å²) < 4.78 is 15.7. The molecule has 1 fully saturated rings. The monoisotopic (exact) mass is 1510 g/mol. The summed E-state index contributed by atoms with van der Waals surface area (Å²) in [5.41, 5.74) is 19.0. The van der Waals surface area contributed by atoms with Crippen molar-refractivity contribution in [1.29, 1.82) is 0 Å². The predicted molar refractivity (Wildman–Crippen MR) is 461 cm³/mol. The zero-order chi connectivity index (χ0) is 72.6. The highest BCUT2D eigenvalue weighted by atomic mass is 79.9. The van der Waals surface area contributed by atoms with Gasteiger partial charge in [-0.1, -0.05) is 236 Å². The molecule has 0 radical (unpaired) electrons. The maximum Gasteiger partial charge on any atom is 0.494 e. The molecule has 522 valence electrons. The molecule has 1 saturated heterocycles. The number of fused-ring (bicyclic) bond motifs is 12. The summed E-state index contributed by atoms with van der Waals surface area (Å²) in [7, 11) is -0.379. The second kappa shape index (κ2) is 28.2. The maximum absolute atomic E-state index is 6.19. The number of aromatic nitrogens is 8. The van der Waals surface area contributed by atoms with Crippen molar-refractivity contribution in [3.8, 4) is 77.3 Å². The first-order valence-electron chi connectivity index (χ1n) is 35.9. The average Bonchev–Trinajstić information content (AvgIpc) is 1.69. The van der Waals surface area contributed by atoms with Crippen LogP contribution in [-0.4, -0.2) is 58.2 Å². The van der Waals surface area contributed by atoms with E-state index in [1.807, 2.05) is 61.2 Å². The quantitative estimate of drug-likeness (QED) is 0.107. The average molecular weight is 1510 g/mol. The molecule has 0 N–H and O–H groups in total. The van der Waals surface area contributed by atoms with Crippen LogP contribution in [0.4, 0.5) is 0 Å². The number of pyridine rings is 6. The van der Waals surface area contributed by atoms with E-state index in [0.29, 0.717) is 0 Å². The first kappa shape index (κ1) is 68.7. The zero-order valence-corrected chi connectivity index (χ0v) is 62.4. The van der Waals surface area contributed by atoms with Crippen LogP contribution in [0, 0.1) is 0 Å². The molecule has 0 aliphatic carbocycles. The smallest absolute Gasteiger partial charge is 0.399 e. The zero-order valence-electron chi connectivity index (χ0n) is 59.2. The van der Waals surface area contributed by atoms with Crippen molar-refractivity contribution in [2.45, 2.75) is 46.3 Å². The summed E-state index contributed by atoms with van der Waals surface area (Å²) in [6, 6.07) is 102. The summed E-state index contributed by atoms with van der Waals surface area (Å²) in [5, 5.41) is 15.6. The van der Waals surface area contributed by atoms with Crippen LogP contribution in [0.15, 0.2) is 320 Å². The molecule has 9 heterocycles. The molecule has 20 aromatic rings. The highest BCUT2D eigenvalue weighted by Gasteiger charge is 2.51. The predicted octanol–water partition coefficient (Wildman–Crippen LogP) is 25.2. The van der Waals surface area contributed by atoms with Gasteiger partial charge in [0.15, 0.2) is 0 Å². The number of rotatable bonds is 8. The number of hydrogen-bond acceptors (Lipinski definition) is 12. The summed E-state index contributed by atoms with van der Waals surface area (Å²) in [5.74, 6) is 0. The van der Waals surface area contributed by atoms with Crippen LogP contribution in [-0.2, 0) is 9.31 Å². The molecule has 21 rings (SSSR count). The van der Waals surface area contributed by atoms with Crippen LogP contribution in [0.5, 0.6) is 0 Å². The third-order valence-electron chi connectivity index (χ3n) is 21.0. The molecule has 0 unspecified atom stereocenters. The van der Waals surface area contributed by atoms with E-state index in [9.17, 15) is 0 Å². The summed E-state index contributed by atoms with van der Waals surface area (Å²) >= 11 is 6.95. The van der Waals surface area contributed by atoms with Crippen molar-refractivity contribution < 1.29 is 9.31 Å². The van der Waals surface area contributed by atoms with Gasteiger partial charge in [-0.25, -0.2) is 19.9 Å². The van der Waals surface area contributed by atoms with Crippen molar-refractivity contribution in [2.24, 2.45) is 0 Å². The standard InChI is InChI=1S/C44H26N4S.C28H17BrN2.C22H21BN2O2S.CH4/c1-2-11-34-27(7-1)22-24-46-43(34)44-48-39-26-31(17-21-40(39)49-44)30-8-5-9-32(25-30)33-18-19-37(36-13-4-3-12-35(33)36)38-20-16-29-15-14-28-10-6-23-45-41(28)42(29)47-38;29-21-7-3-5-20(17-21)22-13-14-25(24-9-2-1-8-23(22)24)26-15-12-19-11-10-18-6-4-16-30-27(18)28(19)31-26;1-21(2)22(3,4)27-23(26-21)15-9-10-18-17(13-15)25-20(28-18)19-16-8-6-5-7-14(16)11-12-24-19;/h1-26H;1-17H;5-13H,1-4H3;1H4. The lowest BCUT2D eigenvalue weighted by Gasteiger charge is -2.32. The molecule has 0 spiro atoms. The number of nitrogens with zero attached hydrogens (tertiary/aromatic N) is 8. The Morgan fingerprint density at radius 3 is 1.25 bits per heavy atom. The first-order chi connectivity index (χ1) is 52.9. The lowest BCUT2D eigenvalue weighted by atomic mass is 9.79. The summed E-state index contributed by atoms with van der Waals surface area (Å²) in [6.07, 6.45) is 7.39. The number of hydrogen-bond donors (Lipinski definition) is 0. The Labute approximate surface area is 646 Å². The lowest BCUT2D eigenvalue weighted by molar-refractivity contribution is 0.00578. The van der Waals surface area contributed by atoms with Crippen molar-refractivity contribution in [2.75, 3.05) is 0 Å². The number of thiazole rings is 2. The minimum Gasteiger partial charge on any atom is -0.399 e. The van der Waals surface area contributed by atoms with Gasteiger partial charge in [0, 0.05) is 72.7 Å². The Morgan fingerprint density at radius 1 is 0.312 bits per heavy atom. The van der Waals surface area contributed by atoms with Gasteiger partial charge < -0.3 is 9.31 Å². The topological polar surface area (TPSA) is 122 Å². The molecular weight excluding hydrogens is 1440 g/mol. The first-order valence-corrected chi connectivity index (χ1v) is 38.4. The normalized spacial score (nSPS) is 13.2. The Hall–Kier alpha value is -12.1. The van der Waals surface area contributed by atoms with Gasteiger partial charge in [-0.15, -0.1) is 22.7 Å². The molecule has 10 nitrogen and oxygen atoms in total. The fraction of sp³-hybridized carbons (Fsp3) is 0.0737. The van der Waals surface area contributed by atoms with Gasteiger partial charge in [-0.05, 0) is 178 Å². The van der Waals surface area contributed by atoms with E-state index in [1.165, 1.54) is 54.6 Å². The second-order valence-electron chi connectivity index (χ2n) is 28.1. The molecule has 14 heteroatoms. The van der Waals surface area contributed by atoms with Gasteiger partial charge in [-0.3, -0.25) is 19.9 Å². The van der Waals surface area contributed by atoms with Crippen molar-refractivity contribution in [1.82, 2.24) is 39.9 Å². The van der Waals surface area contributed by atoms with Gasteiger partial charge >= 0.3 is 7.12 Å². The molecule has 12 aromatic carbocycles. The van der Waals surface area contributed by atoms with E-state index < -0.39 is 0 Å². The van der Waals surface area contributed by atoms with Crippen LogP contribution in [0.2, 0.25) is 0 Å². The Kier molecular flexibility index (Phi) is 17.8. The van der Waals surface area contributed by atoms with E-state index in [4.69, 9.17) is 34.2 Å². The van der Waals surface area contributed by atoms with Crippen LogP contribution >= 0.6 is 38.6 Å². The molecule has 109 heavy (non-hydrogen) atoms. The Morgan fingerprint density at radius 2 is 0.725 bits per heavy atom. The van der Waals surface area contributed by atoms with Gasteiger partial charge in [0.2, 0.25) is 0 Å². The van der Waals surface area contributed by atoms with E-state index >= 15 is 0 Å². The van der Waals surface area contributed by atoms with E-state index in [-0.39, 0.29) is 25.7 Å². The van der Waals surface area contributed by atoms with Crippen molar-refractivity contribution in [3.63, 3.8) is 0 Å². The van der Waals surface area contributed by atoms with Crippen LogP contribution in [0.25, 0.3) is 184 Å². The Balaban J connectivity index is 0.000000121. The van der Waals surface area contributed by atoms with Crippen LogP contribution < -0.4 is 5.46 Å². The number of halogens is 1. The molecule has 1 aliphatic heterocycles. The minimum absolute atomic E-state index is 0. The molecule has 1 aliphatic rings. The molecule has 8 aromatic heterocycles. The van der Waals surface area contributed by atoms with Gasteiger partial charge in [0.25, 0.3) is 0 Å². The van der Waals surface area contributed by atoms with Crippen LogP contribution in [0.3, 0.4) is 0 Å². The van der Waals surface area contributed by atoms with Crippen LogP contribution in [0.1, 0.15) is 35.1 Å². The van der Waals surface area contributed by atoms with Gasteiger partial charge in [-0.2, -0.15) is 0 Å². The lowest BCUT2D eigenvalue weighted by Crippen LogP contribution is -2.41. The molecule has 0 amide bonds. The number of benzene rings is 12. The second-order valence-corrected chi connectivity index (χ2v) is 31.1. The van der Waals surface area contributed by atoms with Gasteiger partial charge in [0.1, 0.15) is 21.4 Å². The largest absolute Gasteiger partial charge is 0.494 e. The molecular formula is C95H68BBrN8O2S2. The SMILES string of the molecule is Brc1cccc(-c2ccc(-c3ccc4ccc5cccnc5c4n3)c3ccccc23)c1.C.CC1(C)OB(c2ccc3sc(-c4nccc5ccccc45)nc3c2)OC1(C)C.c1cc(-c2ccc3sc(-c4nccc5ccccc45)nc3c2)cc(-c2ccc(-c3ccc4ccc5cccnc5c4n3)c3ccccc23)c1. The minimum atomic E-state index is -0.379. The van der Waals surface area contributed by atoms with Gasteiger partial charge in [0.05, 0.1) is 65.1 Å². The fourth-order valence-electron chi connectivity index (χ4n) is 14.8. The maximum atomic E-state index is 6.19. The highest BCUT2D eigenvalue weighted by molar-refractivity contribution is 9.10. The van der Waals surface area contributed by atoms with E-state index in [2.05, 4.69) is 313 Å². The summed E-state index contributed by atoms with van der Waals surface area (Å²) in [6.45, 7) is 8.27. The summed E-state index contributed by atoms with van der Waals surface area (Å²) in [4.78, 5) is 38.8. The van der Waals surface area contributed by atoms with Crippen molar-refractivity contribution in [3.05, 3.63) is 320 Å². The van der Waals surface area contributed by atoms with E-state index in [0.717, 1.165) is 140 Å². The van der Waals surface area contributed by atoms with Crippen molar-refractivity contribution >= 4 is 158 Å². The third-order valence-corrected chi connectivity index (χ3v) is 23.6. The third kappa shape index (κ3) is 12.8. The Bertz CT molecular complexity index is 6960. The molecule has 0 bridgehead atoms. The highest BCUT2D eigenvalue weighted by Crippen LogP contribution is 2.43. The molecule has 0 saturated carbocycles. The fourth-order valence-corrected chi connectivity index (χ4v) is 17.1. The molecule has 0 atom stereocenters.